The molecule has 1 aromatic heterocycles. The summed E-state index contributed by atoms with van der Waals surface area (Å²) in [5.74, 6) is 0.0921. The lowest BCUT2D eigenvalue weighted by molar-refractivity contribution is -0.140. The van der Waals surface area contributed by atoms with Crippen LogP contribution < -0.4 is 0 Å². The Morgan fingerprint density at radius 1 is 1.29 bits per heavy atom. The van der Waals surface area contributed by atoms with E-state index in [1.165, 1.54) is 6.07 Å². The average Bonchev–Trinajstić information content (AvgIpc) is 2.78. The molecule has 0 fully saturated rings. The van der Waals surface area contributed by atoms with Crippen molar-refractivity contribution in [3.63, 3.8) is 0 Å². The molecular formula is C11H6F3N3. The van der Waals surface area contributed by atoms with Crippen molar-refractivity contribution in [1.82, 2.24) is 9.97 Å². The molecule has 1 N–H and O–H groups in total. The Morgan fingerprint density at radius 3 is 2.65 bits per heavy atom. The van der Waals surface area contributed by atoms with Crippen LogP contribution in [0.15, 0.2) is 30.5 Å². The molecule has 0 aliphatic rings. The highest BCUT2D eigenvalue weighted by Crippen LogP contribution is 2.29. The van der Waals surface area contributed by atoms with E-state index in [2.05, 4.69) is 9.97 Å². The van der Waals surface area contributed by atoms with Gasteiger partial charge in [-0.15, -0.1) is 0 Å². The highest BCUT2D eigenvalue weighted by molar-refractivity contribution is 5.58. The molecule has 0 spiro atoms. The fraction of sp³-hybridized carbons (Fsp3) is 0.0909. The van der Waals surface area contributed by atoms with Crippen LogP contribution >= 0.6 is 0 Å². The number of aromatic nitrogens is 2. The third-order valence-electron chi connectivity index (χ3n) is 2.15. The second kappa shape index (κ2) is 3.94. The van der Waals surface area contributed by atoms with Crippen LogP contribution in [0.25, 0.3) is 11.4 Å². The van der Waals surface area contributed by atoms with Gasteiger partial charge in [-0.2, -0.15) is 18.4 Å². The number of hydrogen-bond acceptors (Lipinski definition) is 2. The molecule has 2 aromatic rings. The van der Waals surface area contributed by atoms with Gasteiger partial charge in [-0.3, -0.25) is 0 Å². The number of halogens is 3. The monoisotopic (exact) mass is 237 g/mol. The predicted octanol–water partition coefficient (Wildman–Crippen LogP) is 2.97. The largest absolute Gasteiger partial charge is 0.432 e. The molecule has 3 nitrogen and oxygen atoms in total. The molecule has 0 radical (unpaired) electrons. The quantitative estimate of drug-likeness (QED) is 0.828. The van der Waals surface area contributed by atoms with Crippen LogP contribution in [0.4, 0.5) is 13.2 Å². The maximum Gasteiger partial charge on any atom is 0.432 e. The first-order valence-electron chi connectivity index (χ1n) is 4.63. The number of nitriles is 1. The zero-order valence-corrected chi connectivity index (χ0v) is 8.42. The lowest BCUT2D eigenvalue weighted by Gasteiger charge is -2.01. The Hall–Kier alpha value is -2.29. The number of H-pyrrole nitrogens is 1. The highest BCUT2D eigenvalue weighted by Gasteiger charge is 2.33. The van der Waals surface area contributed by atoms with Crippen LogP contribution in [0, 0.1) is 11.3 Å². The van der Waals surface area contributed by atoms with Crippen LogP contribution in [0.3, 0.4) is 0 Å². The second-order valence-electron chi connectivity index (χ2n) is 3.34. The van der Waals surface area contributed by atoms with Gasteiger partial charge in [0.05, 0.1) is 17.8 Å². The van der Waals surface area contributed by atoms with Gasteiger partial charge in [0.1, 0.15) is 11.5 Å². The van der Waals surface area contributed by atoms with Crippen LogP contribution in [-0.2, 0) is 6.18 Å². The average molecular weight is 237 g/mol. The number of benzene rings is 1. The molecule has 17 heavy (non-hydrogen) atoms. The topological polar surface area (TPSA) is 52.5 Å². The Balaban J connectivity index is 2.41. The number of alkyl halides is 3. The summed E-state index contributed by atoms with van der Waals surface area (Å²) < 4.78 is 37.0. The zero-order valence-electron chi connectivity index (χ0n) is 8.42. The van der Waals surface area contributed by atoms with E-state index in [-0.39, 0.29) is 5.82 Å². The summed E-state index contributed by atoms with van der Waals surface area (Å²) in [4.78, 5) is 5.82. The van der Waals surface area contributed by atoms with Gasteiger partial charge in [0.25, 0.3) is 0 Å². The lowest BCUT2D eigenvalue weighted by atomic mass is 10.1. The minimum absolute atomic E-state index is 0.0921. The van der Waals surface area contributed by atoms with Crippen molar-refractivity contribution in [3.8, 4) is 17.5 Å². The molecule has 0 saturated heterocycles. The lowest BCUT2D eigenvalue weighted by Crippen LogP contribution is -2.04. The maximum atomic E-state index is 12.3. The molecule has 1 heterocycles. The van der Waals surface area contributed by atoms with Gasteiger partial charge in [-0.05, 0) is 12.1 Å². The van der Waals surface area contributed by atoms with E-state index in [1.54, 1.807) is 18.2 Å². The summed E-state index contributed by atoms with van der Waals surface area (Å²) in [6.45, 7) is 0. The van der Waals surface area contributed by atoms with Crippen molar-refractivity contribution in [3.05, 3.63) is 41.7 Å². The van der Waals surface area contributed by atoms with Crippen molar-refractivity contribution in [2.75, 3.05) is 0 Å². The Bertz CT molecular complexity index is 578. The van der Waals surface area contributed by atoms with Crippen LogP contribution in [-0.4, -0.2) is 9.97 Å². The number of nitrogens with one attached hydrogen (secondary N) is 1. The predicted molar refractivity (Wildman–Crippen MR) is 53.7 cm³/mol. The normalized spacial score (nSPS) is 11.2. The number of imidazole rings is 1. The van der Waals surface area contributed by atoms with Gasteiger partial charge in [0, 0.05) is 5.56 Å². The minimum atomic E-state index is -4.45. The molecule has 0 aliphatic heterocycles. The second-order valence-corrected chi connectivity index (χ2v) is 3.34. The summed E-state index contributed by atoms with van der Waals surface area (Å²) in [6.07, 6.45) is -3.72. The molecule has 1 aromatic carbocycles. The van der Waals surface area contributed by atoms with E-state index in [9.17, 15) is 13.2 Å². The van der Waals surface area contributed by atoms with Gasteiger partial charge >= 0.3 is 6.18 Å². The number of aromatic amines is 1. The summed E-state index contributed by atoms with van der Waals surface area (Å²) in [7, 11) is 0. The Labute approximate surface area is 94.5 Å². The molecule has 2 rings (SSSR count). The van der Waals surface area contributed by atoms with Crippen LogP contribution in [0.2, 0.25) is 0 Å². The SMILES string of the molecule is N#Cc1cccc(-c2ncc(C(F)(F)F)[nH]2)c1. The molecule has 86 valence electrons. The van der Waals surface area contributed by atoms with E-state index in [1.807, 2.05) is 6.07 Å². The first-order chi connectivity index (χ1) is 8.00. The van der Waals surface area contributed by atoms with Crippen molar-refractivity contribution in [1.29, 1.82) is 5.26 Å². The van der Waals surface area contributed by atoms with Crippen LogP contribution in [0.5, 0.6) is 0 Å². The van der Waals surface area contributed by atoms with Crippen LogP contribution in [0.1, 0.15) is 11.3 Å². The fourth-order valence-electron chi connectivity index (χ4n) is 1.35. The molecular weight excluding hydrogens is 231 g/mol. The molecule has 0 saturated carbocycles. The van der Waals surface area contributed by atoms with E-state index in [0.29, 0.717) is 11.1 Å². The fourth-order valence-corrected chi connectivity index (χ4v) is 1.35. The molecule has 0 bridgehead atoms. The van der Waals surface area contributed by atoms with Gasteiger partial charge < -0.3 is 4.98 Å². The zero-order chi connectivity index (χ0) is 12.5. The molecule has 6 heteroatoms. The Kier molecular flexibility index (Phi) is 2.60. The van der Waals surface area contributed by atoms with Gasteiger partial charge in [0.2, 0.25) is 0 Å². The molecule has 0 unspecified atom stereocenters. The van der Waals surface area contributed by atoms with E-state index in [0.717, 1.165) is 6.20 Å². The minimum Gasteiger partial charge on any atom is -0.334 e. The molecule has 0 aliphatic carbocycles. The Morgan fingerprint density at radius 2 is 2.06 bits per heavy atom. The van der Waals surface area contributed by atoms with Gasteiger partial charge in [-0.25, -0.2) is 4.98 Å². The number of hydrogen-bond donors (Lipinski definition) is 1. The van der Waals surface area contributed by atoms with E-state index < -0.39 is 11.9 Å². The summed E-state index contributed by atoms with van der Waals surface area (Å²) >= 11 is 0. The maximum absolute atomic E-state index is 12.3. The molecule has 0 atom stereocenters. The number of rotatable bonds is 1. The third-order valence-corrected chi connectivity index (χ3v) is 2.15. The summed E-state index contributed by atoms with van der Waals surface area (Å²) in [5.41, 5.74) is -0.0955. The summed E-state index contributed by atoms with van der Waals surface area (Å²) in [6, 6.07) is 8.12. The third kappa shape index (κ3) is 2.28. The van der Waals surface area contributed by atoms with E-state index >= 15 is 0 Å². The number of nitrogens with zero attached hydrogens (tertiary/aromatic N) is 2. The summed E-state index contributed by atoms with van der Waals surface area (Å²) in [5, 5.41) is 8.68. The van der Waals surface area contributed by atoms with Crippen molar-refractivity contribution in [2.45, 2.75) is 6.18 Å². The van der Waals surface area contributed by atoms with Crippen molar-refractivity contribution < 1.29 is 13.2 Å². The van der Waals surface area contributed by atoms with Gasteiger partial charge in [-0.1, -0.05) is 12.1 Å². The van der Waals surface area contributed by atoms with E-state index in [4.69, 9.17) is 5.26 Å². The van der Waals surface area contributed by atoms with Crippen molar-refractivity contribution in [2.24, 2.45) is 0 Å². The van der Waals surface area contributed by atoms with Gasteiger partial charge in [0.15, 0.2) is 0 Å². The highest BCUT2D eigenvalue weighted by atomic mass is 19.4. The molecule has 0 amide bonds. The standard InChI is InChI=1S/C11H6F3N3/c12-11(13,14)9-6-16-10(17-9)8-3-1-2-7(4-8)5-15/h1-4,6H,(H,16,17). The first-order valence-corrected chi connectivity index (χ1v) is 4.63. The smallest absolute Gasteiger partial charge is 0.334 e. The van der Waals surface area contributed by atoms with Crippen molar-refractivity contribution >= 4 is 0 Å². The first kappa shape index (κ1) is 11.2.